The van der Waals surface area contributed by atoms with E-state index in [1.165, 1.54) is 28.6 Å². The lowest BCUT2D eigenvalue weighted by atomic mass is 10.1. The number of carbonyl (C=O) groups is 1. The summed E-state index contributed by atoms with van der Waals surface area (Å²) in [4.78, 5) is 12.6. The molecule has 0 radical (unpaired) electrons. The van der Waals surface area contributed by atoms with Gasteiger partial charge in [-0.25, -0.2) is 13.2 Å². The standard InChI is InChI=1S/C23H24N2O6S/c1-16-13-25(14-17(2)30-16)32(27,28)21-10-6-9-19(11-21)23(26)29-15-20-12-22(24-31-20)18-7-4-3-5-8-18/h3-12,16-17H,13-15H2,1-2H3/t16-,17+. The Kier molecular flexibility index (Phi) is 6.40. The fraction of sp³-hybridized carbons (Fsp3) is 0.304. The van der Waals surface area contributed by atoms with E-state index in [1.54, 1.807) is 6.07 Å². The molecule has 0 saturated carbocycles. The summed E-state index contributed by atoms with van der Waals surface area (Å²) in [5.41, 5.74) is 1.67. The van der Waals surface area contributed by atoms with Crippen LogP contribution in [0, 0.1) is 0 Å². The Bertz CT molecular complexity index is 1180. The Morgan fingerprint density at radius 2 is 1.78 bits per heavy atom. The topological polar surface area (TPSA) is 98.9 Å². The quantitative estimate of drug-likeness (QED) is 0.524. The van der Waals surface area contributed by atoms with E-state index in [9.17, 15) is 13.2 Å². The molecule has 168 valence electrons. The largest absolute Gasteiger partial charge is 0.454 e. The second kappa shape index (κ2) is 9.23. The van der Waals surface area contributed by atoms with Crippen LogP contribution in [0.3, 0.4) is 0 Å². The van der Waals surface area contributed by atoms with Crippen molar-refractivity contribution in [2.45, 2.75) is 37.6 Å². The van der Waals surface area contributed by atoms with E-state index in [-0.39, 0.29) is 42.4 Å². The molecular formula is C23H24N2O6S. The first-order valence-electron chi connectivity index (χ1n) is 10.3. The van der Waals surface area contributed by atoms with Crippen LogP contribution in [-0.4, -0.2) is 49.1 Å². The van der Waals surface area contributed by atoms with Crippen LogP contribution in [0.4, 0.5) is 0 Å². The highest BCUT2D eigenvalue weighted by molar-refractivity contribution is 7.89. The third-order valence-corrected chi connectivity index (χ3v) is 6.90. The Morgan fingerprint density at radius 3 is 2.50 bits per heavy atom. The van der Waals surface area contributed by atoms with Crippen LogP contribution < -0.4 is 0 Å². The molecule has 2 aromatic carbocycles. The highest BCUT2D eigenvalue weighted by atomic mass is 32.2. The maximum Gasteiger partial charge on any atom is 0.338 e. The van der Waals surface area contributed by atoms with Gasteiger partial charge in [-0.15, -0.1) is 0 Å². The van der Waals surface area contributed by atoms with Crippen LogP contribution in [0.1, 0.15) is 30.0 Å². The molecule has 1 aromatic heterocycles. The van der Waals surface area contributed by atoms with Crippen LogP contribution in [-0.2, 0) is 26.1 Å². The number of carbonyl (C=O) groups excluding carboxylic acids is 1. The number of hydrogen-bond donors (Lipinski definition) is 0. The van der Waals surface area contributed by atoms with E-state index in [2.05, 4.69) is 5.16 Å². The molecule has 1 saturated heterocycles. The summed E-state index contributed by atoms with van der Waals surface area (Å²) < 4.78 is 43.7. The van der Waals surface area contributed by atoms with Crippen molar-refractivity contribution in [1.82, 2.24) is 9.46 Å². The van der Waals surface area contributed by atoms with E-state index >= 15 is 0 Å². The summed E-state index contributed by atoms with van der Waals surface area (Å²) in [5.74, 6) is -0.263. The van der Waals surface area contributed by atoms with Crippen molar-refractivity contribution in [3.05, 3.63) is 72.0 Å². The molecule has 9 heteroatoms. The van der Waals surface area contributed by atoms with Gasteiger partial charge in [0.05, 0.1) is 22.7 Å². The monoisotopic (exact) mass is 456 g/mol. The zero-order valence-corrected chi connectivity index (χ0v) is 18.6. The van der Waals surface area contributed by atoms with Crippen LogP contribution in [0.5, 0.6) is 0 Å². The summed E-state index contributed by atoms with van der Waals surface area (Å²) in [7, 11) is -3.76. The maximum atomic E-state index is 13.1. The number of sulfonamides is 1. The van der Waals surface area contributed by atoms with E-state index in [0.29, 0.717) is 11.5 Å². The number of benzene rings is 2. The van der Waals surface area contributed by atoms with Crippen molar-refractivity contribution in [2.24, 2.45) is 0 Å². The zero-order valence-electron chi connectivity index (χ0n) is 17.8. The maximum absolute atomic E-state index is 13.1. The third-order valence-electron chi connectivity index (χ3n) is 5.07. The predicted molar refractivity (Wildman–Crippen MR) is 116 cm³/mol. The average Bonchev–Trinajstić information content (AvgIpc) is 3.26. The second-order valence-corrected chi connectivity index (χ2v) is 9.67. The minimum Gasteiger partial charge on any atom is -0.454 e. The lowest BCUT2D eigenvalue weighted by Crippen LogP contribution is -2.48. The fourth-order valence-corrected chi connectivity index (χ4v) is 5.24. The SMILES string of the molecule is C[C@@H]1CN(S(=O)(=O)c2cccc(C(=O)OCc3cc(-c4ccccc4)no3)c2)C[C@H](C)O1. The summed E-state index contributed by atoms with van der Waals surface area (Å²) in [5, 5.41) is 3.99. The Balaban J connectivity index is 1.44. The number of rotatable bonds is 6. The molecule has 0 aliphatic carbocycles. The lowest BCUT2D eigenvalue weighted by Gasteiger charge is -2.34. The van der Waals surface area contributed by atoms with Gasteiger partial charge in [0, 0.05) is 24.7 Å². The molecule has 0 spiro atoms. The van der Waals surface area contributed by atoms with Gasteiger partial charge in [-0.2, -0.15) is 4.31 Å². The van der Waals surface area contributed by atoms with Crippen LogP contribution >= 0.6 is 0 Å². The molecule has 0 unspecified atom stereocenters. The highest BCUT2D eigenvalue weighted by Crippen LogP contribution is 2.23. The van der Waals surface area contributed by atoms with Gasteiger partial charge < -0.3 is 14.0 Å². The molecule has 2 heterocycles. The van der Waals surface area contributed by atoms with Gasteiger partial charge >= 0.3 is 5.97 Å². The summed E-state index contributed by atoms with van der Waals surface area (Å²) >= 11 is 0. The molecule has 0 N–H and O–H groups in total. The van der Waals surface area contributed by atoms with E-state index < -0.39 is 16.0 Å². The first-order valence-corrected chi connectivity index (χ1v) is 11.7. The molecule has 3 aromatic rings. The Morgan fingerprint density at radius 1 is 1.06 bits per heavy atom. The van der Waals surface area contributed by atoms with Crippen molar-refractivity contribution < 1.29 is 27.2 Å². The molecule has 1 fully saturated rings. The molecule has 2 atom stereocenters. The lowest BCUT2D eigenvalue weighted by molar-refractivity contribution is -0.0440. The first kappa shape index (κ1) is 22.2. The van der Waals surface area contributed by atoms with Gasteiger partial charge in [-0.05, 0) is 32.0 Å². The number of hydrogen-bond acceptors (Lipinski definition) is 7. The van der Waals surface area contributed by atoms with Gasteiger partial charge in [-0.3, -0.25) is 0 Å². The number of morpholine rings is 1. The number of nitrogens with zero attached hydrogens (tertiary/aromatic N) is 2. The molecule has 4 rings (SSSR count). The van der Waals surface area contributed by atoms with Crippen molar-refractivity contribution in [3.63, 3.8) is 0 Å². The summed E-state index contributed by atoms with van der Waals surface area (Å²) in [6.45, 7) is 4.07. The minimum absolute atomic E-state index is 0.0410. The van der Waals surface area contributed by atoms with Crippen molar-refractivity contribution in [2.75, 3.05) is 13.1 Å². The van der Waals surface area contributed by atoms with Gasteiger partial charge in [0.15, 0.2) is 12.4 Å². The molecule has 32 heavy (non-hydrogen) atoms. The number of aromatic nitrogens is 1. The zero-order chi connectivity index (χ0) is 22.7. The Labute approximate surface area is 186 Å². The van der Waals surface area contributed by atoms with Crippen molar-refractivity contribution in [3.8, 4) is 11.3 Å². The normalized spacial score (nSPS) is 19.6. The van der Waals surface area contributed by atoms with Crippen LogP contribution in [0.25, 0.3) is 11.3 Å². The second-order valence-electron chi connectivity index (χ2n) is 7.73. The third kappa shape index (κ3) is 4.90. The molecular weight excluding hydrogens is 432 g/mol. The van der Waals surface area contributed by atoms with Gasteiger partial charge in [0.1, 0.15) is 5.69 Å². The van der Waals surface area contributed by atoms with Gasteiger partial charge in [0.2, 0.25) is 10.0 Å². The van der Waals surface area contributed by atoms with Crippen LogP contribution in [0.15, 0.2) is 70.1 Å². The molecule has 1 aliphatic rings. The number of esters is 1. The fourth-order valence-electron chi connectivity index (χ4n) is 3.61. The Hall–Kier alpha value is -3.01. The summed E-state index contributed by atoms with van der Waals surface area (Å²) in [6.07, 6.45) is -0.409. The van der Waals surface area contributed by atoms with Gasteiger partial charge in [-0.1, -0.05) is 41.6 Å². The first-order chi connectivity index (χ1) is 15.3. The predicted octanol–water partition coefficient (Wildman–Crippen LogP) is 3.50. The van der Waals surface area contributed by atoms with Gasteiger partial charge in [0.25, 0.3) is 0 Å². The van der Waals surface area contributed by atoms with E-state index in [1.807, 2.05) is 44.2 Å². The minimum atomic E-state index is -3.76. The molecule has 0 amide bonds. The van der Waals surface area contributed by atoms with E-state index in [0.717, 1.165) is 5.56 Å². The molecule has 0 bridgehead atoms. The van der Waals surface area contributed by atoms with Crippen molar-refractivity contribution in [1.29, 1.82) is 0 Å². The van der Waals surface area contributed by atoms with Crippen molar-refractivity contribution >= 4 is 16.0 Å². The molecule has 8 nitrogen and oxygen atoms in total. The highest BCUT2D eigenvalue weighted by Gasteiger charge is 2.32. The number of ether oxygens (including phenoxy) is 2. The van der Waals surface area contributed by atoms with Crippen LogP contribution in [0.2, 0.25) is 0 Å². The van der Waals surface area contributed by atoms with E-state index in [4.69, 9.17) is 14.0 Å². The average molecular weight is 457 g/mol. The smallest absolute Gasteiger partial charge is 0.338 e. The summed E-state index contributed by atoms with van der Waals surface area (Å²) in [6, 6.07) is 17.0. The molecule has 1 aliphatic heterocycles.